The molecule has 0 saturated heterocycles. The topological polar surface area (TPSA) is 70.7 Å². The van der Waals surface area contributed by atoms with E-state index in [4.69, 9.17) is 4.74 Å². The average molecular weight is 432 g/mol. The molecule has 0 aliphatic carbocycles. The molecule has 3 aromatic rings. The summed E-state index contributed by atoms with van der Waals surface area (Å²) >= 11 is 0. The molecule has 166 valence electrons. The number of hydrogen-bond acceptors (Lipinski definition) is 4. The number of aryl methyl sites for hydroxylation is 2. The van der Waals surface area contributed by atoms with E-state index in [1.54, 1.807) is 43.3 Å². The maximum atomic E-state index is 13.3. The molecule has 6 nitrogen and oxygen atoms in total. The molecule has 2 N–H and O–H groups in total. The Kier molecular flexibility index (Phi) is 7.63. The fourth-order valence-electron chi connectivity index (χ4n) is 3.69. The second-order valence-corrected chi connectivity index (χ2v) is 7.87. The van der Waals surface area contributed by atoms with Gasteiger partial charge in [0.1, 0.15) is 11.8 Å². The quantitative estimate of drug-likeness (QED) is 0.548. The standard InChI is InChI=1S/C26H29N3O3/c1-18-14-19(2)16-22(15-18)28-26(31)25(20-8-6-5-7-9-20)29(3)17-24(30)27-21-10-12-23(32-4)13-11-21/h5-16,25H,17H2,1-4H3,(H,27,30)(H,28,31). The van der Waals surface area contributed by atoms with Crippen molar-refractivity contribution in [2.45, 2.75) is 19.9 Å². The van der Waals surface area contributed by atoms with Crippen molar-refractivity contribution in [1.82, 2.24) is 4.90 Å². The molecule has 3 rings (SSSR count). The molecular formula is C26H29N3O3. The highest BCUT2D eigenvalue weighted by Crippen LogP contribution is 2.23. The predicted octanol–water partition coefficient (Wildman–Crippen LogP) is 4.56. The van der Waals surface area contributed by atoms with E-state index in [1.165, 1.54) is 0 Å². The van der Waals surface area contributed by atoms with Gasteiger partial charge in [0, 0.05) is 11.4 Å². The first-order valence-corrected chi connectivity index (χ1v) is 10.4. The zero-order chi connectivity index (χ0) is 23.1. The Bertz CT molecular complexity index is 1050. The van der Waals surface area contributed by atoms with Gasteiger partial charge in [-0.1, -0.05) is 36.4 Å². The third kappa shape index (κ3) is 6.18. The van der Waals surface area contributed by atoms with Crippen molar-refractivity contribution in [3.05, 3.63) is 89.5 Å². The Hall–Kier alpha value is -3.64. The molecule has 0 saturated carbocycles. The van der Waals surface area contributed by atoms with Crippen molar-refractivity contribution < 1.29 is 14.3 Å². The number of amides is 2. The van der Waals surface area contributed by atoms with Crippen molar-refractivity contribution in [2.75, 3.05) is 31.3 Å². The molecule has 32 heavy (non-hydrogen) atoms. The maximum absolute atomic E-state index is 13.3. The highest BCUT2D eigenvalue weighted by atomic mass is 16.5. The fraction of sp³-hybridized carbons (Fsp3) is 0.231. The van der Waals surface area contributed by atoms with Crippen LogP contribution in [0.25, 0.3) is 0 Å². The molecule has 6 heteroatoms. The SMILES string of the molecule is COc1ccc(NC(=O)CN(C)C(C(=O)Nc2cc(C)cc(C)c2)c2ccccc2)cc1. The highest BCUT2D eigenvalue weighted by molar-refractivity contribution is 5.97. The maximum Gasteiger partial charge on any atom is 0.246 e. The van der Waals surface area contributed by atoms with Gasteiger partial charge in [-0.25, -0.2) is 0 Å². The lowest BCUT2D eigenvalue weighted by Crippen LogP contribution is -2.39. The number of anilines is 2. The molecule has 2 amide bonds. The summed E-state index contributed by atoms with van der Waals surface area (Å²) in [5.41, 5.74) is 4.37. The minimum Gasteiger partial charge on any atom is -0.497 e. The summed E-state index contributed by atoms with van der Waals surface area (Å²) in [5.74, 6) is 0.311. The Morgan fingerprint density at radius 3 is 2.09 bits per heavy atom. The van der Waals surface area contributed by atoms with E-state index in [1.807, 2.05) is 56.3 Å². The van der Waals surface area contributed by atoms with E-state index >= 15 is 0 Å². The Balaban J connectivity index is 1.75. The van der Waals surface area contributed by atoms with Gasteiger partial charge in [-0.05, 0) is 74.0 Å². The number of nitrogens with zero attached hydrogens (tertiary/aromatic N) is 1. The van der Waals surface area contributed by atoms with Gasteiger partial charge in [0.15, 0.2) is 0 Å². The van der Waals surface area contributed by atoms with Crippen LogP contribution >= 0.6 is 0 Å². The van der Waals surface area contributed by atoms with Crippen LogP contribution in [0, 0.1) is 13.8 Å². The van der Waals surface area contributed by atoms with Crippen LogP contribution in [0.15, 0.2) is 72.8 Å². The van der Waals surface area contributed by atoms with Gasteiger partial charge in [0.25, 0.3) is 0 Å². The number of methoxy groups -OCH3 is 1. The van der Waals surface area contributed by atoms with Crippen molar-refractivity contribution in [3.63, 3.8) is 0 Å². The number of ether oxygens (including phenoxy) is 1. The zero-order valence-corrected chi connectivity index (χ0v) is 18.9. The summed E-state index contributed by atoms with van der Waals surface area (Å²) in [6.45, 7) is 4.03. The number of rotatable bonds is 8. The molecule has 0 fully saturated rings. The number of hydrogen-bond donors (Lipinski definition) is 2. The van der Waals surface area contributed by atoms with Crippen molar-refractivity contribution in [3.8, 4) is 5.75 Å². The van der Waals surface area contributed by atoms with Crippen LogP contribution in [0.1, 0.15) is 22.7 Å². The number of likely N-dealkylation sites (N-methyl/N-ethyl adjacent to an activating group) is 1. The average Bonchev–Trinajstić information content (AvgIpc) is 2.74. The minimum absolute atomic E-state index is 0.0475. The normalized spacial score (nSPS) is 11.7. The molecule has 3 aromatic carbocycles. The lowest BCUT2D eigenvalue weighted by Gasteiger charge is -2.27. The molecule has 0 spiro atoms. The largest absolute Gasteiger partial charge is 0.497 e. The molecule has 0 bridgehead atoms. The Morgan fingerprint density at radius 1 is 0.875 bits per heavy atom. The van der Waals surface area contributed by atoms with Gasteiger partial charge < -0.3 is 15.4 Å². The highest BCUT2D eigenvalue weighted by Gasteiger charge is 2.27. The first-order valence-electron chi connectivity index (χ1n) is 10.4. The van der Waals surface area contributed by atoms with Crippen molar-refractivity contribution in [2.24, 2.45) is 0 Å². The lowest BCUT2D eigenvalue weighted by atomic mass is 10.0. The summed E-state index contributed by atoms with van der Waals surface area (Å²) in [6, 6.07) is 21.9. The molecule has 1 unspecified atom stereocenters. The van der Waals surface area contributed by atoms with Gasteiger partial charge >= 0.3 is 0 Å². The molecule has 0 aliphatic rings. The molecule has 1 atom stereocenters. The van der Waals surface area contributed by atoms with E-state index < -0.39 is 6.04 Å². The van der Waals surface area contributed by atoms with Crippen LogP contribution in [0.4, 0.5) is 11.4 Å². The van der Waals surface area contributed by atoms with Crippen LogP contribution in [-0.2, 0) is 9.59 Å². The lowest BCUT2D eigenvalue weighted by molar-refractivity contribution is -0.123. The van der Waals surface area contributed by atoms with Crippen molar-refractivity contribution in [1.29, 1.82) is 0 Å². The Morgan fingerprint density at radius 2 is 1.50 bits per heavy atom. The van der Waals surface area contributed by atoms with E-state index in [9.17, 15) is 9.59 Å². The summed E-state index contributed by atoms with van der Waals surface area (Å²) in [7, 11) is 3.36. The number of benzene rings is 3. The minimum atomic E-state index is -0.626. The number of carbonyl (C=O) groups is 2. The predicted molar refractivity (Wildman–Crippen MR) is 128 cm³/mol. The second-order valence-electron chi connectivity index (χ2n) is 7.87. The second kappa shape index (κ2) is 10.6. The van der Waals surface area contributed by atoms with Gasteiger partial charge in [0.05, 0.1) is 13.7 Å². The summed E-state index contributed by atoms with van der Waals surface area (Å²) in [6.07, 6.45) is 0. The summed E-state index contributed by atoms with van der Waals surface area (Å²) < 4.78 is 5.14. The van der Waals surface area contributed by atoms with Crippen LogP contribution in [-0.4, -0.2) is 37.4 Å². The van der Waals surface area contributed by atoms with Crippen LogP contribution in [0.3, 0.4) is 0 Å². The van der Waals surface area contributed by atoms with Gasteiger partial charge in [-0.3, -0.25) is 14.5 Å². The van der Waals surface area contributed by atoms with Gasteiger partial charge in [0.2, 0.25) is 11.8 Å². The molecule has 0 heterocycles. The van der Waals surface area contributed by atoms with Gasteiger partial charge in [-0.2, -0.15) is 0 Å². The first kappa shape index (κ1) is 23.0. The smallest absolute Gasteiger partial charge is 0.246 e. The summed E-state index contributed by atoms with van der Waals surface area (Å²) in [4.78, 5) is 27.7. The fourth-order valence-corrected chi connectivity index (χ4v) is 3.69. The number of nitrogens with one attached hydrogen (secondary N) is 2. The van der Waals surface area contributed by atoms with E-state index in [0.29, 0.717) is 11.4 Å². The first-order chi connectivity index (χ1) is 15.4. The molecular weight excluding hydrogens is 402 g/mol. The molecule has 0 aromatic heterocycles. The van der Waals surface area contributed by atoms with E-state index in [2.05, 4.69) is 16.7 Å². The van der Waals surface area contributed by atoms with Crippen LogP contribution in [0.2, 0.25) is 0 Å². The molecule has 0 aliphatic heterocycles. The third-order valence-electron chi connectivity index (χ3n) is 5.06. The van der Waals surface area contributed by atoms with Crippen molar-refractivity contribution >= 4 is 23.2 Å². The zero-order valence-electron chi connectivity index (χ0n) is 18.9. The summed E-state index contributed by atoms with van der Waals surface area (Å²) in [5, 5.41) is 5.88. The van der Waals surface area contributed by atoms with Crippen LogP contribution < -0.4 is 15.4 Å². The Labute approximate surface area is 189 Å². The van der Waals surface area contributed by atoms with E-state index in [-0.39, 0.29) is 18.4 Å². The number of carbonyl (C=O) groups excluding carboxylic acids is 2. The van der Waals surface area contributed by atoms with Gasteiger partial charge in [-0.15, -0.1) is 0 Å². The van der Waals surface area contributed by atoms with E-state index in [0.717, 1.165) is 22.4 Å². The van der Waals surface area contributed by atoms with Crippen LogP contribution in [0.5, 0.6) is 5.75 Å². The third-order valence-corrected chi connectivity index (χ3v) is 5.06. The molecule has 0 radical (unpaired) electrons. The monoisotopic (exact) mass is 431 g/mol.